The van der Waals surface area contributed by atoms with Crippen molar-refractivity contribution >= 4 is 11.7 Å². The molecule has 1 aliphatic heterocycles. The molecule has 1 saturated carbocycles. The second kappa shape index (κ2) is 7.01. The first-order valence-corrected chi connectivity index (χ1v) is 8.29. The maximum absolute atomic E-state index is 11.8. The number of aromatic nitrogens is 1. The van der Waals surface area contributed by atoms with Crippen molar-refractivity contribution in [2.24, 2.45) is 0 Å². The molecule has 5 nitrogen and oxygen atoms in total. The number of amides is 1. The van der Waals surface area contributed by atoms with Crippen molar-refractivity contribution in [1.29, 1.82) is 0 Å². The second-order valence-electron chi connectivity index (χ2n) is 6.39. The van der Waals surface area contributed by atoms with Crippen molar-refractivity contribution < 1.29 is 9.53 Å². The van der Waals surface area contributed by atoms with Crippen LogP contribution in [0.5, 0.6) is 0 Å². The Bertz CT molecular complexity index is 585. The highest BCUT2D eigenvalue weighted by molar-refractivity contribution is 5.94. The van der Waals surface area contributed by atoms with Crippen molar-refractivity contribution in [3.63, 3.8) is 0 Å². The van der Waals surface area contributed by atoms with Gasteiger partial charge in [0.1, 0.15) is 5.82 Å². The van der Waals surface area contributed by atoms with E-state index in [-0.39, 0.29) is 18.1 Å². The Balaban J connectivity index is 1.58. The van der Waals surface area contributed by atoms with Crippen LogP contribution in [-0.4, -0.2) is 35.7 Å². The number of ether oxygens (including phenoxy) is 1. The van der Waals surface area contributed by atoms with Crippen LogP contribution in [0.1, 0.15) is 48.9 Å². The molecule has 3 rings (SSSR count). The third kappa shape index (κ3) is 3.83. The molecular weight excluding hydrogens is 290 g/mol. The van der Waals surface area contributed by atoms with Gasteiger partial charge in [-0.15, -0.1) is 6.42 Å². The second-order valence-corrected chi connectivity index (χ2v) is 6.39. The van der Waals surface area contributed by atoms with Gasteiger partial charge in [0.15, 0.2) is 0 Å². The lowest BCUT2D eigenvalue weighted by molar-refractivity contribution is -0.0767. The Kier molecular flexibility index (Phi) is 4.82. The Morgan fingerprint density at radius 1 is 1.43 bits per heavy atom. The van der Waals surface area contributed by atoms with Crippen molar-refractivity contribution in [2.75, 3.05) is 18.5 Å². The van der Waals surface area contributed by atoms with E-state index in [1.807, 2.05) is 6.07 Å². The number of pyridine rings is 1. The Morgan fingerprint density at radius 2 is 2.26 bits per heavy atom. The lowest BCUT2D eigenvalue weighted by atomic mass is 9.89. The summed E-state index contributed by atoms with van der Waals surface area (Å²) < 4.78 is 6.05. The molecule has 2 N–H and O–H groups in total. The van der Waals surface area contributed by atoms with Crippen LogP contribution in [0.15, 0.2) is 18.3 Å². The van der Waals surface area contributed by atoms with Crippen molar-refractivity contribution in [3.05, 3.63) is 23.9 Å². The van der Waals surface area contributed by atoms with E-state index in [1.165, 1.54) is 25.7 Å². The fraction of sp³-hybridized carbons (Fsp3) is 0.556. The summed E-state index contributed by atoms with van der Waals surface area (Å²) in [4.78, 5) is 16.1. The average Bonchev–Trinajstić information content (AvgIpc) is 3.01. The van der Waals surface area contributed by atoms with E-state index >= 15 is 0 Å². The number of nitrogens with one attached hydrogen (secondary N) is 2. The Morgan fingerprint density at radius 3 is 2.96 bits per heavy atom. The van der Waals surface area contributed by atoms with E-state index in [9.17, 15) is 4.79 Å². The van der Waals surface area contributed by atoms with Gasteiger partial charge < -0.3 is 15.4 Å². The lowest BCUT2D eigenvalue weighted by Crippen LogP contribution is -2.42. The summed E-state index contributed by atoms with van der Waals surface area (Å²) in [5, 5.41) is 6.12. The zero-order chi connectivity index (χ0) is 16.1. The average molecular weight is 313 g/mol. The number of carbonyl (C=O) groups is 1. The molecule has 1 amide bonds. The summed E-state index contributed by atoms with van der Waals surface area (Å²) in [5.41, 5.74) is 0.607. The number of carbonyl (C=O) groups excluding carboxylic acids is 1. The SMILES string of the molecule is C#CCNC(=O)c1ccc(NC2CCOC3(CCCC3)C2)nc1. The number of terminal acetylenes is 1. The third-order valence-electron chi connectivity index (χ3n) is 4.74. The normalized spacial score (nSPS) is 22.5. The van der Waals surface area contributed by atoms with Gasteiger partial charge in [0.25, 0.3) is 5.91 Å². The highest BCUT2D eigenvalue weighted by Crippen LogP contribution is 2.40. The van der Waals surface area contributed by atoms with Crippen LogP contribution in [0.4, 0.5) is 5.82 Å². The van der Waals surface area contributed by atoms with Crippen LogP contribution < -0.4 is 10.6 Å². The number of anilines is 1. The maximum atomic E-state index is 11.8. The van der Waals surface area contributed by atoms with Crippen LogP contribution in [0.25, 0.3) is 0 Å². The highest BCUT2D eigenvalue weighted by atomic mass is 16.5. The quantitative estimate of drug-likeness (QED) is 0.838. The minimum atomic E-state index is -0.196. The van der Waals surface area contributed by atoms with Gasteiger partial charge in [0.05, 0.1) is 17.7 Å². The van der Waals surface area contributed by atoms with Gasteiger partial charge in [-0.1, -0.05) is 18.8 Å². The summed E-state index contributed by atoms with van der Waals surface area (Å²) >= 11 is 0. The molecule has 0 bridgehead atoms. The van der Waals surface area contributed by atoms with Crippen molar-refractivity contribution in [3.8, 4) is 12.3 Å². The van der Waals surface area contributed by atoms with Gasteiger partial charge in [-0.05, 0) is 37.8 Å². The van der Waals surface area contributed by atoms with Crippen LogP contribution in [0, 0.1) is 12.3 Å². The maximum Gasteiger partial charge on any atom is 0.253 e. The summed E-state index contributed by atoms with van der Waals surface area (Å²) in [7, 11) is 0. The lowest BCUT2D eigenvalue weighted by Gasteiger charge is -2.38. The zero-order valence-electron chi connectivity index (χ0n) is 13.3. The molecule has 1 atom stereocenters. The fourth-order valence-electron chi connectivity index (χ4n) is 3.57. The van der Waals surface area contributed by atoms with Gasteiger partial charge in [0.2, 0.25) is 0 Å². The molecule has 122 valence electrons. The van der Waals surface area contributed by atoms with Crippen LogP contribution in [0.2, 0.25) is 0 Å². The molecule has 1 aromatic heterocycles. The molecule has 1 aromatic rings. The summed E-state index contributed by atoms with van der Waals surface area (Å²) in [5.74, 6) is 2.99. The summed E-state index contributed by atoms with van der Waals surface area (Å²) in [6, 6.07) is 4.00. The standard InChI is InChI=1S/C18H23N3O2/c1-2-10-19-17(22)14-5-6-16(20-13-14)21-15-7-11-23-18(12-15)8-3-4-9-18/h1,5-6,13,15H,3-4,7-12H2,(H,19,22)(H,20,21). The van der Waals surface area contributed by atoms with Crippen LogP contribution in [0.3, 0.4) is 0 Å². The van der Waals surface area contributed by atoms with E-state index in [0.717, 1.165) is 25.3 Å². The van der Waals surface area contributed by atoms with E-state index in [0.29, 0.717) is 11.6 Å². The number of hydrogen-bond acceptors (Lipinski definition) is 4. The van der Waals surface area contributed by atoms with Crippen LogP contribution >= 0.6 is 0 Å². The third-order valence-corrected chi connectivity index (χ3v) is 4.74. The molecule has 1 unspecified atom stereocenters. The van der Waals surface area contributed by atoms with E-state index < -0.39 is 0 Å². The molecule has 2 heterocycles. The highest BCUT2D eigenvalue weighted by Gasteiger charge is 2.39. The first-order valence-electron chi connectivity index (χ1n) is 8.29. The van der Waals surface area contributed by atoms with Crippen molar-refractivity contribution in [1.82, 2.24) is 10.3 Å². The van der Waals surface area contributed by atoms with Gasteiger partial charge in [-0.3, -0.25) is 4.79 Å². The smallest absolute Gasteiger partial charge is 0.253 e. The summed E-state index contributed by atoms with van der Waals surface area (Å²) in [6.07, 6.45) is 13.6. The number of rotatable bonds is 4. The molecule has 5 heteroatoms. The van der Waals surface area contributed by atoms with Crippen molar-refractivity contribution in [2.45, 2.75) is 50.2 Å². The number of nitrogens with zero attached hydrogens (tertiary/aromatic N) is 1. The minimum absolute atomic E-state index is 0.0883. The number of hydrogen-bond donors (Lipinski definition) is 2. The van der Waals surface area contributed by atoms with Gasteiger partial charge in [-0.25, -0.2) is 4.98 Å². The Labute approximate surface area is 137 Å². The van der Waals surface area contributed by atoms with Gasteiger partial charge >= 0.3 is 0 Å². The molecule has 1 spiro atoms. The monoisotopic (exact) mass is 313 g/mol. The van der Waals surface area contributed by atoms with Gasteiger partial charge in [0, 0.05) is 18.8 Å². The largest absolute Gasteiger partial charge is 0.375 e. The van der Waals surface area contributed by atoms with E-state index in [4.69, 9.17) is 11.2 Å². The first kappa shape index (κ1) is 15.8. The van der Waals surface area contributed by atoms with E-state index in [1.54, 1.807) is 12.3 Å². The Hall–Kier alpha value is -2.06. The molecule has 2 fully saturated rings. The molecule has 2 aliphatic rings. The first-order chi connectivity index (χ1) is 11.2. The minimum Gasteiger partial charge on any atom is -0.375 e. The molecule has 1 aliphatic carbocycles. The fourth-order valence-corrected chi connectivity index (χ4v) is 3.57. The predicted octanol–water partition coefficient (Wildman–Crippen LogP) is 2.35. The summed E-state index contributed by atoms with van der Waals surface area (Å²) in [6.45, 7) is 1.03. The van der Waals surface area contributed by atoms with Crippen LogP contribution in [-0.2, 0) is 4.74 Å². The molecule has 23 heavy (non-hydrogen) atoms. The van der Waals surface area contributed by atoms with Gasteiger partial charge in [-0.2, -0.15) is 0 Å². The molecular formula is C18H23N3O2. The topological polar surface area (TPSA) is 63.2 Å². The molecule has 1 saturated heterocycles. The van der Waals surface area contributed by atoms with E-state index in [2.05, 4.69) is 21.5 Å². The zero-order valence-corrected chi connectivity index (χ0v) is 13.3. The molecule has 0 radical (unpaired) electrons. The molecule has 0 aromatic carbocycles. The predicted molar refractivity (Wildman–Crippen MR) is 89.2 cm³/mol.